The van der Waals surface area contributed by atoms with Crippen molar-refractivity contribution >= 4 is 27.9 Å². The number of nitrogens with zero attached hydrogens (tertiary/aromatic N) is 1. The number of nitrogens with one attached hydrogen (secondary N) is 2. The molecule has 0 saturated carbocycles. The lowest BCUT2D eigenvalue weighted by atomic mass is 10.1. The first-order chi connectivity index (χ1) is 9.88. The molecule has 0 fully saturated rings. The molecule has 7 heteroatoms. The highest BCUT2D eigenvalue weighted by molar-refractivity contribution is 9.10. The molecule has 2 N–H and O–H groups in total. The molecule has 21 heavy (non-hydrogen) atoms. The summed E-state index contributed by atoms with van der Waals surface area (Å²) in [6.45, 7) is 2.26. The van der Waals surface area contributed by atoms with Gasteiger partial charge in [-0.1, -0.05) is 15.9 Å². The van der Waals surface area contributed by atoms with Crippen LogP contribution in [0.25, 0.3) is 0 Å². The highest BCUT2D eigenvalue weighted by atomic mass is 79.9. The van der Waals surface area contributed by atoms with E-state index in [9.17, 15) is 9.59 Å². The Morgan fingerprint density at radius 3 is 2.67 bits per heavy atom. The van der Waals surface area contributed by atoms with E-state index in [0.717, 1.165) is 15.8 Å². The molecule has 1 atom stereocenters. The van der Waals surface area contributed by atoms with E-state index in [2.05, 4.69) is 26.6 Å². The fourth-order valence-corrected chi connectivity index (χ4v) is 2.16. The third kappa shape index (κ3) is 5.02. The van der Waals surface area contributed by atoms with Crippen LogP contribution in [0.5, 0.6) is 5.75 Å². The number of carbonyl (C=O) groups excluding carboxylic acids is 2. The van der Waals surface area contributed by atoms with Crippen molar-refractivity contribution in [3.8, 4) is 5.75 Å². The van der Waals surface area contributed by atoms with E-state index in [1.54, 1.807) is 14.0 Å². The first-order valence-corrected chi connectivity index (χ1v) is 7.23. The summed E-state index contributed by atoms with van der Waals surface area (Å²) >= 11 is 3.42. The second-order valence-electron chi connectivity index (χ2n) is 4.62. The highest BCUT2D eigenvalue weighted by Crippen LogP contribution is 2.24. The van der Waals surface area contributed by atoms with Gasteiger partial charge in [-0.15, -0.1) is 0 Å². The van der Waals surface area contributed by atoms with Crippen molar-refractivity contribution in [2.45, 2.75) is 19.5 Å². The van der Waals surface area contributed by atoms with Crippen molar-refractivity contribution in [2.75, 3.05) is 21.2 Å². The molecule has 0 bridgehead atoms. The smallest absolute Gasteiger partial charge is 0.321 e. The van der Waals surface area contributed by atoms with Crippen LogP contribution in [0, 0.1) is 0 Å². The Hall–Kier alpha value is -1.60. The Morgan fingerprint density at radius 1 is 1.43 bits per heavy atom. The van der Waals surface area contributed by atoms with Gasteiger partial charge in [-0.2, -0.15) is 0 Å². The summed E-state index contributed by atoms with van der Waals surface area (Å²) < 4.78 is 6.25. The van der Waals surface area contributed by atoms with Crippen molar-refractivity contribution in [1.82, 2.24) is 15.5 Å². The lowest BCUT2D eigenvalue weighted by molar-refractivity contribution is -0.124. The lowest BCUT2D eigenvalue weighted by Gasteiger charge is -2.24. The Balaban J connectivity index is 2.76. The van der Waals surface area contributed by atoms with Crippen LogP contribution < -0.4 is 15.4 Å². The van der Waals surface area contributed by atoms with Gasteiger partial charge in [-0.05, 0) is 32.2 Å². The lowest BCUT2D eigenvalue weighted by Crippen LogP contribution is -2.47. The van der Waals surface area contributed by atoms with Crippen molar-refractivity contribution in [1.29, 1.82) is 0 Å². The molecular formula is C14H20BrN3O3. The van der Waals surface area contributed by atoms with Crippen LogP contribution in [-0.2, 0) is 11.3 Å². The summed E-state index contributed by atoms with van der Waals surface area (Å²) in [5.74, 6) is 0.398. The maximum Gasteiger partial charge on any atom is 0.321 e. The molecule has 0 aliphatic heterocycles. The third-order valence-electron chi connectivity index (χ3n) is 3.17. The number of likely N-dealkylation sites (N-methyl/N-ethyl adjacent to an activating group) is 1. The predicted molar refractivity (Wildman–Crippen MR) is 84.2 cm³/mol. The molecule has 1 aromatic rings. The maximum absolute atomic E-state index is 11.9. The van der Waals surface area contributed by atoms with Crippen LogP contribution in [0.3, 0.4) is 0 Å². The molecule has 0 saturated heterocycles. The normalized spacial score (nSPS) is 11.9. The Kier molecular flexibility index (Phi) is 6.64. The molecule has 3 amide bonds. The van der Waals surface area contributed by atoms with Crippen LogP contribution in [0.2, 0.25) is 0 Å². The largest absolute Gasteiger partial charge is 0.496 e. The number of rotatable bonds is 5. The van der Waals surface area contributed by atoms with Crippen LogP contribution >= 0.6 is 15.9 Å². The topological polar surface area (TPSA) is 70.7 Å². The van der Waals surface area contributed by atoms with Crippen molar-refractivity contribution in [2.24, 2.45) is 0 Å². The summed E-state index contributed by atoms with van der Waals surface area (Å²) in [4.78, 5) is 24.9. The van der Waals surface area contributed by atoms with Gasteiger partial charge in [0, 0.05) is 23.6 Å². The van der Waals surface area contributed by atoms with E-state index < -0.39 is 12.1 Å². The monoisotopic (exact) mass is 357 g/mol. The first kappa shape index (κ1) is 17.5. The summed E-state index contributed by atoms with van der Waals surface area (Å²) in [5.41, 5.74) is 0.953. The van der Waals surface area contributed by atoms with Gasteiger partial charge in [-0.3, -0.25) is 15.0 Å². The molecule has 0 aromatic heterocycles. The SMILES string of the molecule is CNC(=O)NC(=O)[C@@H](C)N(C)Cc1cc(Br)ccc1OC. The summed E-state index contributed by atoms with van der Waals surface area (Å²) in [5, 5.41) is 4.61. The molecule has 0 unspecified atom stereocenters. The standard InChI is InChI=1S/C14H20BrN3O3/c1-9(13(19)17-14(20)16-2)18(3)8-10-7-11(15)5-6-12(10)21-4/h5-7,9H,8H2,1-4H3,(H2,16,17,19,20)/t9-/m1/s1. The van der Waals surface area contributed by atoms with Gasteiger partial charge in [0.25, 0.3) is 0 Å². The zero-order valence-corrected chi connectivity index (χ0v) is 14.2. The Labute approximate surface area is 133 Å². The highest BCUT2D eigenvalue weighted by Gasteiger charge is 2.20. The molecule has 0 aliphatic rings. The molecule has 116 valence electrons. The van der Waals surface area contributed by atoms with Crippen LogP contribution in [-0.4, -0.2) is 44.1 Å². The van der Waals surface area contributed by atoms with E-state index >= 15 is 0 Å². The molecule has 6 nitrogen and oxygen atoms in total. The molecule has 1 aromatic carbocycles. The average molecular weight is 358 g/mol. The van der Waals surface area contributed by atoms with Crippen molar-refractivity contribution in [3.63, 3.8) is 0 Å². The number of methoxy groups -OCH3 is 1. The maximum atomic E-state index is 11.9. The van der Waals surface area contributed by atoms with E-state index in [1.807, 2.05) is 30.1 Å². The Bertz CT molecular complexity index is 522. The zero-order valence-electron chi connectivity index (χ0n) is 12.6. The predicted octanol–water partition coefficient (Wildman–Crippen LogP) is 1.73. The molecule has 0 spiro atoms. The number of halogens is 1. The number of ether oxygens (including phenoxy) is 1. The van der Waals surface area contributed by atoms with Gasteiger partial charge >= 0.3 is 6.03 Å². The van der Waals surface area contributed by atoms with E-state index in [1.165, 1.54) is 7.05 Å². The summed E-state index contributed by atoms with van der Waals surface area (Å²) in [7, 11) is 4.88. The van der Waals surface area contributed by atoms with E-state index in [0.29, 0.717) is 6.54 Å². The number of imide groups is 1. The van der Waals surface area contributed by atoms with Crippen molar-refractivity contribution in [3.05, 3.63) is 28.2 Å². The van der Waals surface area contributed by atoms with E-state index in [-0.39, 0.29) is 5.91 Å². The van der Waals surface area contributed by atoms with E-state index in [4.69, 9.17) is 4.74 Å². The number of urea groups is 1. The van der Waals surface area contributed by atoms with Crippen LogP contribution in [0.1, 0.15) is 12.5 Å². The minimum Gasteiger partial charge on any atom is -0.496 e. The summed E-state index contributed by atoms with van der Waals surface area (Å²) in [6, 6.07) is 4.73. The molecule has 0 aliphatic carbocycles. The zero-order chi connectivity index (χ0) is 16.0. The minimum atomic E-state index is -0.514. The molecular weight excluding hydrogens is 338 g/mol. The second-order valence-corrected chi connectivity index (χ2v) is 5.53. The second kappa shape index (κ2) is 7.99. The average Bonchev–Trinajstić information content (AvgIpc) is 2.46. The quantitative estimate of drug-likeness (QED) is 0.841. The van der Waals surface area contributed by atoms with Gasteiger partial charge in [0.2, 0.25) is 5.91 Å². The molecule has 0 radical (unpaired) electrons. The van der Waals surface area contributed by atoms with Gasteiger partial charge in [0.15, 0.2) is 0 Å². The number of benzene rings is 1. The fraction of sp³-hybridized carbons (Fsp3) is 0.429. The van der Waals surface area contributed by atoms with Gasteiger partial charge in [0.05, 0.1) is 13.2 Å². The molecule has 0 heterocycles. The minimum absolute atomic E-state index is 0.356. The van der Waals surface area contributed by atoms with Crippen LogP contribution in [0.15, 0.2) is 22.7 Å². The van der Waals surface area contributed by atoms with Crippen molar-refractivity contribution < 1.29 is 14.3 Å². The molecule has 1 rings (SSSR count). The van der Waals surface area contributed by atoms with Gasteiger partial charge < -0.3 is 10.1 Å². The number of carbonyl (C=O) groups is 2. The number of hydrogen-bond acceptors (Lipinski definition) is 4. The Morgan fingerprint density at radius 2 is 2.10 bits per heavy atom. The fourth-order valence-electron chi connectivity index (χ4n) is 1.76. The number of hydrogen-bond donors (Lipinski definition) is 2. The van der Waals surface area contributed by atoms with Gasteiger partial charge in [0.1, 0.15) is 5.75 Å². The first-order valence-electron chi connectivity index (χ1n) is 6.44. The number of amides is 3. The third-order valence-corrected chi connectivity index (χ3v) is 3.66. The van der Waals surface area contributed by atoms with Crippen LogP contribution in [0.4, 0.5) is 4.79 Å². The summed E-state index contributed by atoms with van der Waals surface area (Å²) in [6.07, 6.45) is 0. The van der Waals surface area contributed by atoms with Gasteiger partial charge in [-0.25, -0.2) is 4.79 Å².